The molecule has 0 atom stereocenters. The number of methoxy groups -OCH3 is 1. The lowest BCUT2D eigenvalue weighted by atomic mass is 10.1. The summed E-state index contributed by atoms with van der Waals surface area (Å²) >= 11 is 6.51. The average molecular weight is 624 g/mol. The number of nitro groups is 1. The zero-order chi connectivity index (χ0) is 31.8. The van der Waals surface area contributed by atoms with E-state index in [9.17, 15) is 24.8 Å². The first-order valence-electron chi connectivity index (χ1n) is 13.6. The van der Waals surface area contributed by atoms with Gasteiger partial charge in [-0.2, -0.15) is 0 Å². The van der Waals surface area contributed by atoms with Gasteiger partial charge in [-0.1, -0.05) is 17.7 Å². The minimum Gasteiger partial charge on any atom is -0.495 e. The summed E-state index contributed by atoms with van der Waals surface area (Å²) in [6.45, 7) is 7.46. The SMILES string of the molecule is COc1ccc([N+](=O)[O-])cc1Nc1ncc(Cl)c(-c2cn(C(=O)O)c3cc(N4CCN(C(=O)OC(C)(C)C)CC4)ccc23)n1. The maximum atomic E-state index is 12.5. The zero-order valence-corrected chi connectivity index (χ0v) is 25.2. The van der Waals surface area contributed by atoms with Gasteiger partial charge in [0.1, 0.15) is 11.4 Å². The van der Waals surface area contributed by atoms with Gasteiger partial charge < -0.3 is 29.7 Å². The van der Waals surface area contributed by atoms with Gasteiger partial charge >= 0.3 is 12.2 Å². The molecule has 1 fully saturated rings. The normalized spacial score (nSPS) is 13.6. The van der Waals surface area contributed by atoms with Crippen molar-refractivity contribution in [2.24, 2.45) is 0 Å². The van der Waals surface area contributed by atoms with Crippen LogP contribution < -0.4 is 15.0 Å². The van der Waals surface area contributed by atoms with E-state index in [1.54, 1.807) is 17.0 Å². The van der Waals surface area contributed by atoms with E-state index in [0.29, 0.717) is 48.4 Å². The van der Waals surface area contributed by atoms with E-state index in [1.807, 2.05) is 26.8 Å². The lowest BCUT2D eigenvalue weighted by molar-refractivity contribution is -0.384. The molecular formula is C29H30ClN7O7. The van der Waals surface area contributed by atoms with Crippen LogP contribution in [0.1, 0.15) is 20.8 Å². The molecule has 1 amide bonds. The number of rotatable bonds is 6. The second-order valence-corrected chi connectivity index (χ2v) is 11.4. The number of halogens is 1. The number of nitrogens with one attached hydrogen (secondary N) is 1. The van der Waals surface area contributed by atoms with Crippen LogP contribution in [-0.2, 0) is 4.74 Å². The number of benzene rings is 2. The molecule has 2 aromatic carbocycles. The Kier molecular flexibility index (Phi) is 8.19. The van der Waals surface area contributed by atoms with Crippen molar-refractivity contribution in [3.05, 3.63) is 63.9 Å². The quantitative estimate of drug-likeness (QED) is 0.191. The number of amides is 1. The Labute approximate surface area is 256 Å². The molecule has 0 aliphatic carbocycles. The lowest BCUT2D eigenvalue weighted by Crippen LogP contribution is -2.50. The van der Waals surface area contributed by atoms with Crippen LogP contribution in [0.15, 0.2) is 48.8 Å². The van der Waals surface area contributed by atoms with E-state index in [-0.39, 0.29) is 34.1 Å². The minimum absolute atomic E-state index is 0.0684. The van der Waals surface area contributed by atoms with Crippen molar-refractivity contribution >= 4 is 57.7 Å². The predicted molar refractivity (Wildman–Crippen MR) is 164 cm³/mol. The molecule has 1 saturated heterocycles. The largest absolute Gasteiger partial charge is 0.495 e. The van der Waals surface area contributed by atoms with Crippen LogP contribution in [0, 0.1) is 10.1 Å². The summed E-state index contributed by atoms with van der Waals surface area (Å²) in [5, 5.41) is 25.0. The first-order chi connectivity index (χ1) is 20.8. The molecule has 0 saturated carbocycles. The fourth-order valence-electron chi connectivity index (χ4n) is 4.88. The van der Waals surface area contributed by atoms with Crippen molar-refractivity contribution in [1.82, 2.24) is 19.4 Å². The van der Waals surface area contributed by atoms with Gasteiger partial charge in [-0.15, -0.1) is 0 Å². The molecule has 2 N–H and O–H groups in total. The number of ether oxygens (including phenoxy) is 2. The second-order valence-electron chi connectivity index (χ2n) is 11.0. The molecule has 5 rings (SSSR count). The van der Waals surface area contributed by atoms with Crippen molar-refractivity contribution in [3.63, 3.8) is 0 Å². The summed E-state index contributed by atoms with van der Waals surface area (Å²) in [5.41, 5.74) is 1.44. The molecule has 0 spiro atoms. The van der Waals surface area contributed by atoms with Gasteiger partial charge in [0, 0.05) is 61.1 Å². The molecule has 1 aliphatic rings. The molecule has 3 heterocycles. The molecule has 230 valence electrons. The number of fused-ring (bicyclic) bond motifs is 1. The number of carbonyl (C=O) groups is 2. The summed E-state index contributed by atoms with van der Waals surface area (Å²) in [7, 11) is 1.43. The summed E-state index contributed by atoms with van der Waals surface area (Å²) in [6.07, 6.45) is 1.23. The Balaban J connectivity index is 1.45. The number of carbonyl (C=O) groups excluding carboxylic acids is 1. The maximum Gasteiger partial charge on any atom is 0.416 e. The van der Waals surface area contributed by atoms with E-state index < -0.39 is 16.6 Å². The van der Waals surface area contributed by atoms with Gasteiger partial charge in [0.05, 0.1) is 40.2 Å². The van der Waals surface area contributed by atoms with E-state index in [1.165, 1.54) is 37.7 Å². The maximum absolute atomic E-state index is 12.5. The Morgan fingerprint density at radius 3 is 2.48 bits per heavy atom. The number of non-ortho nitro benzene ring substituents is 1. The number of nitrogens with zero attached hydrogens (tertiary/aromatic N) is 6. The number of hydrogen-bond donors (Lipinski definition) is 2. The molecule has 44 heavy (non-hydrogen) atoms. The van der Waals surface area contributed by atoms with Crippen molar-refractivity contribution in [1.29, 1.82) is 0 Å². The Bertz CT molecular complexity index is 1760. The van der Waals surface area contributed by atoms with Gasteiger partial charge in [0.2, 0.25) is 5.95 Å². The molecule has 0 unspecified atom stereocenters. The minimum atomic E-state index is -1.20. The molecule has 4 aromatic rings. The van der Waals surface area contributed by atoms with Crippen LogP contribution in [0.25, 0.3) is 22.2 Å². The van der Waals surface area contributed by atoms with Gasteiger partial charge in [0.15, 0.2) is 0 Å². The van der Waals surface area contributed by atoms with Crippen molar-refractivity contribution in [2.75, 3.05) is 43.5 Å². The zero-order valence-electron chi connectivity index (χ0n) is 24.4. The molecule has 2 aromatic heterocycles. The topological polar surface area (TPSA) is 165 Å². The Hall–Kier alpha value is -5.11. The summed E-state index contributed by atoms with van der Waals surface area (Å²) in [5.74, 6) is 0.400. The van der Waals surface area contributed by atoms with Crippen LogP contribution in [-0.4, -0.2) is 80.5 Å². The third-order valence-electron chi connectivity index (χ3n) is 6.93. The third-order valence-corrected chi connectivity index (χ3v) is 7.21. The smallest absolute Gasteiger partial charge is 0.416 e. The average Bonchev–Trinajstić information content (AvgIpc) is 3.36. The highest BCUT2D eigenvalue weighted by molar-refractivity contribution is 6.33. The van der Waals surface area contributed by atoms with Crippen molar-refractivity contribution in [2.45, 2.75) is 26.4 Å². The van der Waals surface area contributed by atoms with Crippen LogP contribution in [0.3, 0.4) is 0 Å². The van der Waals surface area contributed by atoms with Gasteiger partial charge in [-0.05, 0) is 39.0 Å². The number of carboxylic acid groups (broad SMARTS) is 1. The van der Waals surface area contributed by atoms with E-state index >= 15 is 0 Å². The first-order valence-corrected chi connectivity index (χ1v) is 14.0. The highest BCUT2D eigenvalue weighted by Gasteiger charge is 2.27. The van der Waals surface area contributed by atoms with E-state index in [0.717, 1.165) is 10.3 Å². The lowest BCUT2D eigenvalue weighted by Gasteiger charge is -2.36. The Morgan fingerprint density at radius 1 is 1.11 bits per heavy atom. The number of piperazine rings is 1. The van der Waals surface area contributed by atoms with Crippen LogP contribution in [0.4, 0.5) is 32.6 Å². The van der Waals surface area contributed by atoms with Gasteiger partial charge in [-0.3, -0.25) is 14.7 Å². The number of nitro benzene ring substituents is 1. The first kappa shape index (κ1) is 30.4. The van der Waals surface area contributed by atoms with Crippen LogP contribution in [0.5, 0.6) is 5.75 Å². The van der Waals surface area contributed by atoms with Crippen LogP contribution >= 0.6 is 11.6 Å². The van der Waals surface area contributed by atoms with E-state index in [2.05, 4.69) is 20.2 Å². The fraction of sp³-hybridized carbons (Fsp3) is 0.310. The summed E-state index contributed by atoms with van der Waals surface area (Å²) in [6, 6.07) is 9.51. The molecule has 0 bridgehead atoms. The second kappa shape index (κ2) is 11.9. The summed E-state index contributed by atoms with van der Waals surface area (Å²) in [4.78, 5) is 48.0. The standard InChI is InChI=1S/C29H30ClN7O7/c1-29(2,3)44-28(40)35-11-9-34(10-12-35)17-5-7-19-20(16-36(27(38)39)23(19)14-17)25-21(30)15-31-26(33-25)32-22-13-18(37(41)42)6-8-24(22)43-4/h5-8,13-16H,9-12H2,1-4H3,(H,38,39)(H,31,32,33). The van der Waals surface area contributed by atoms with E-state index in [4.69, 9.17) is 21.1 Å². The highest BCUT2D eigenvalue weighted by atomic mass is 35.5. The number of hydrogen-bond acceptors (Lipinski definition) is 10. The number of anilines is 3. The number of aromatic nitrogens is 3. The summed E-state index contributed by atoms with van der Waals surface area (Å²) < 4.78 is 11.9. The van der Waals surface area contributed by atoms with Crippen LogP contribution in [0.2, 0.25) is 5.02 Å². The fourth-order valence-corrected chi connectivity index (χ4v) is 5.07. The molecular weight excluding hydrogens is 594 g/mol. The van der Waals surface area contributed by atoms with Crippen molar-refractivity contribution in [3.8, 4) is 17.0 Å². The third kappa shape index (κ3) is 6.29. The molecule has 1 aliphatic heterocycles. The molecule has 15 heteroatoms. The monoisotopic (exact) mass is 623 g/mol. The van der Waals surface area contributed by atoms with Crippen molar-refractivity contribution < 1.29 is 29.1 Å². The predicted octanol–water partition coefficient (Wildman–Crippen LogP) is 6.00. The van der Waals surface area contributed by atoms with Gasteiger partial charge in [0.25, 0.3) is 5.69 Å². The van der Waals surface area contributed by atoms with Gasteiger partial charge in [-0.25, -0.2) is 19.6 Å². The molecule has 0 radical (unpaired) electrons. The molecule has 14 nitrogen and oxygen atoms in total. The Morgan fingerprint density at radius 2 is 1.84 bits per heavy atom. The highest BCUT2D eigenvalue weighted by Crippen LogP contribution is 2.37.